The van der Waals surface area contributed by atoms with E-state index in [2.05, 4.69) is 5.32 Å². The lowest BCUT2D eigenvalue weighted by atomic mass is 10.0. The Kier molecular flexibility index (Phi) is 4.15. The zero-order chi connectivity index (χ0) is 16.2. The molecule has 3 rings (SSSR count). The van der Waals surface area contributed by atoms with Crippen molar-refractivity contribution in [1.29, 1.82) is 0 Å². The van der Waals surface area contributed by atoms with E-state index in [0.29, 0.717) is 5.56 Å². The summed E-state index contributed by atoms with van der Waals surface area (Å²) in [6.45, 7) is 0. The number of carbonyl (C=O) groups excluding carboxylic acids is 1. The fourth-order valence-electron chi connectivity index (χ4n) is 2.23. The summed E-state index contributed by atoms with van der Waals surface area (Å²) in [4.78, 5) is 12.1. The molecule has 0 unspecified atom stereocenters. The summed E-state index contributed by atoms with van der Waals surface area (Å²) < 4.78 is 26.7. The molecule has 0 aromatic heterocycles. The van der Waals surface area contributed by atoms with Crippen molar-refractivity contribution >= 4 is 11.6 Å². The van der Waals surface area contributed by atoms with Crippen LogP contribution in [0, 0.1) is 11.6 Å². The number of nitrogens with one attached hydrogen (secondary N) is 1. The molecule has 0 aliphatic heterocycles. The smallest absolute Gasteiger partial charge is 0.255 e. The van der Waals surface area contributed by atoms with Crippen molar-refractivity contribution in [2.45, 2.75) is 0 Å². The van der Waals surface area contributed by atoms with E-state index in [1.165, 1.54) is 0 Å². The minimum Gasteiger partial charge on any atom is -0.319 e. The van der Waals surface area contributed by atoms with Crippen LogP contribution < -0.4 is 5.32 Å². The first-order chi connectivity index (χ1) is 11.1. The van der Waals surface area contributed by atoms with E-state index in [4.69, 9.17) is 0 Å². The highest BCUT2D eigenvalue weighted by molar-refractivity contribution is 6.04. The molecular formula is C19H13F2NO. The molecule has 3 aromatic rings. The predicted molar refractivity (Wildman–Crippen MR) is 86.2 cm³/mol. The molecule has 0 spiro atoms. The standard InChI is InChI=1S/C19H13F2NO/c20-16-10-11-17(21)18(12-16)22-19(23)15-8-6-14(7-9-15)13-4-2-1-3-5-13/h1-12H,(H,22,23). The van der Waals surface area contributed by atoms with Gasteiger partial charge in [-0.25, -0.2) is 8.78 Å². The molecule has 4 heteroatoms. The van der Waals surface area contributed by atoms with Crippen LogP contribution in [-0.4, -0.2) is 5.91 Å². The van der Waals surface area contributed by atoms with Gasteiger partial charge in [0, 0.05) is 11.6 Å². The largest absolute Gasteiger partial charge is 0.319 e. The van der Waals surface area contributed by atoms with E-state index >= 15 is 0 Å². The minimum atomic E-state index is -0.680. The van der Waals surface area contributed by atoms with Gasteiger partial charge in [0.25, 0.3) is 5.91 Å². The quantitative estimate of drug-likeness (QED) is 0.733. The van der Waals surface area contributed by atoms with E-state index in [-0.39, 0.29) is 5.69 Å². The summed E-state index contributed by atoms with van der Waals surface area (Å²) in [6.07, 6.45) is 0. The first-order valence-electron chi connectivity index (χ1n) is 7.05. The maximum absolute atomic E-state index is 13.5. The summed E-state index contributed by atoms with van der Waals surface area (Å²) >= 11 is 0. The molecule has 0 atom stereocenters. The average Bonchev–Trinajstić information content (AvgIpc) is 2.59. The number of benzene rings is 3. The van der Waals surface area contributed by atoms with Gasteiger partial charge in [-0.2, -0.15) is 0 Å². The zero-order valence-electron chi connectivity index (χ0n) is 12.1. The Morgan fingerprint density at radius 3 is 2.13 bits per heavy atom. The van der Waals surface area contributed by atoms with Crippen LogP contribution in [0.15, 0.2) is 72.8 Å². The minimum absolute atomic E-state index is 0.179. The normalized spacial score (nSPS) is 10.3. The van der Waals surface area contributed by atoms with Crippen LogP contribution >= 0.6 is 0 Å². The summed E-state index contributed by atoms with van der Waals surface area (Å²) in [5, 5.41) is 2.37. The first kappa shape index (κ1) is 14.9. The number of hydrogen-bond donors (Lipinski definition) is 1. The number of hydrogen-bond acceptors (Lipinski definition) is 1. The number of rotatable bonds is 3. The highest BCUT2D eigenvalue weighted by atomic mass is 19.1. The molecular weight excluding hydrogens is 296 g/mol. The van der Waals surface area contributed by atoms with Crippen molar-refractivity contribution in [2.24, 2.45) is 0 Å². The Bertz CT molecular complexity index is 830. The van der Waals surface area contributed by atoms with Gasteiger partial charge >= 0.3 is 0 Å². The van der Waals surface area contributed by atoms with Gasteiger partial charge in [-0.1, -0.05) is 42.5 Å². The molecule has 1 amide bonds. The lowest BCUT2D eigenvalue weighted by molar-refractivity contribution is 0.102. The monoisotopic (exact) mass is 309 g/mol. The van der Waals surface area contributed by atoms with Crippen molar-refractivity contribution < 1.29 is 13.6 Å². The molecule has 0 bridgehead atoms. The van der Waals surface area contributed by atoms with Crippen LogP contribution in [0.2, 0.25) is 0 Å². The van der Waals surface area contributed by atoms with Crippen LogP contribution in [0.4, 0.5) is 14.5 Å². The molecule has 23 heavy (non-hydrogen) atoms. The van der Waals surface area contributed by atoms with Crippen molar-refractivity contribution in [2.75, 3.05) is 5.32 Å². The third-order valence-corrected chi connectivity index (χ3v) is 3.43. The lowest BCUT2D eigenvalue weighted by Crippen LogP contribution is -2.13. The van der Waals surface area contributed by atoms with E-state index in [0.717, 1.165) is 29.3 Å². The fourth-order valence-corrected chi connectivity index (χ4v) is 2.23. The van der Waals surface area contributed by atoms with Crippen molar-refractivity contribution in [3.63, 3.8) is 0 Å². The fraction of sp³-hybridized carbons (Fsp3) is 0. The van der Waals surface area contributed by atoms with Gasteiger partial charge in [0.2, 0.25) is 0 Å². The van der Waals surface area contributed by atoms with E-state index < -0.39 is 17.5 Å². The van der Waals surface area contributed by atoms with Crippen LogP contribution in [0.1, 0.15) is 10.4 Å². The summed E-state index contributed by atoms with van der Waals surface area (Å²) in [6, 6.07) is 19.6. The van der Waals surface area contributed by atoms with Crippen molar-refractivity contribution in [3.8, 4) is 11.1 Å². The van der Waals surface area contributed by atoms with Crippen LogP contribution in [-0.2, 0) is 0 Å². The van der Waals surface area contributed by atoms with Gasteiger partial charge in [0.15, 0.2) is 0 Å². The van der Waals surface area contributed by atoms with Crippen molar-refractivity contribution in [3.05, 3.63) is 90.0 Å². The van der Waals surface area contributed by atoms with Crippen LogP contribution in [0.25, 0.3) is 11.1 Å². The second-order valence-electron chi connectivity index (χ2n) is 5.02. The third kappa shape index (κ3) is 3.43. The molecule has 2 nitrogen and oxygen atoms in total. The molecule has 0 fully saturated rings. The Labute approximate surface area is 132 Å². The summed E-state index contributed by atoms with van der Waals surface area (Å²) in [5.74, 6) is -1.78. The van der Waals surface area contributed by atoms with Crippen molar-refractivity contribution in [1.82, 2.24) is 0 Å². The SMILES string of the molecule is O=C(Nc1cc(F)ccc1F)c1ccc(-c2ccccc2)cc1. The molecule has 0 saturated heterocycles. The number of amides is 1. The summed E-state index contributed by atoms with van der Waals surface area (Å²) in [7, 11) is 0. The Hall–Kier alpha value is -3.01. The highest BCUT2D eigenvalue weighted by Crippen LogP contribution is 2.20. The van der Waals surface area contributed by atoms with Gasteiger partial charge in [0.1, 0.15) is 11.6 Å². The van der Waals surface area contributed by atoms with E-state index in [1.54, 1.807) is 12.1 Å². The van der Waals surface area contributed by atoms with Gasteiger partial charge < -0.3 is 5.32 Å². The van der Waals surface area contributed by atoms with Gasteiger partial charge in [-0.3, -0.25) is 4.79 Å². The van der Waals surface area contributed by atoms with Gasteiger partial charge in [0.05, 0.1) is 5.69 Å². The topological polar surface area (TPSA) is 29.1 Å². The molecule has 0 saturated carbocycles. The Balaban J connectivity index is 1.79. The first-order valence-corrected chi connectivity index (χ1v) is 7.05. The van der Waals surface area contributed by atoms with Crippen LogP contribution in [0.3, 0.4) is 0 Å². The Morgan fingerprint density at radius 1 is 0.783 bits per heavy atom. The van der Waals surface area contributed by atoms with Gasteiger partial charge in [-0.05, 0) is 35.4 Å². The number of anilines is 1. The van der Waals surface area contributed by atoms with Gasteiger partial charge in [-0.15, -0.1) is 0 Å². The maximum Gasteiger partial charge on any atom is 0.255 e. The molecule has 0 aliphatic carbocycles. The highest BCUT2D eigenvalue weighted by Gasteiger charge is 2.10. The van der Waals surface area contributed by atoms with E-state index in [1.807, 2.05) is 42.5 Å². The Morgan fingerprint density at radius 2 is 1.43 bits per heavy atom. The molecule has 3 aromatic carbocycles. The molecule has 114 valence electrons. The molecule has 1 N–H and O–H groups in total. The second-order valence-corrected chi connectivity index (χ2v) is 5.02. The third-order valence-electron chi connectivity index (χ3n) is 3.43. The zero-order valence-corrected chi connectivity index (χ0v) is 12.1. The average molecular weight is 309 g/mol. The number of carbonyl (C=O) groups is 1. The van der Waals surface area contributed by atoms with Crippen LogP contribution in [0.5, 0.6) is 0 Å². The predicted octanol–water partition coefficient (Wildman–Crippen LogP) is 4.88. The molecule has 0 heterocycles. The molecule has 0 radical (unpaired) electrons. The lowest BCUT2D eigenvalue weighted by Gasteiger charge is -2.07. The maximum atomic E-state index is 13.5. The number of halogens is 2. The summed E-state index contributed by atoms with van der Waals surface area (Å²) in [5.41, 5.74) is 2.20. The molecule has 0 aliphatic rings. The van der Waals surface area contributed by atoms with E-state index in [9.17, 15) is 13.6 Å². The second kappa shape index (κ2) is 6.40.